The number of hydrogen-bond donors (Lipinski definition) is 2. The molecule has 3 rings (SSSR count). The Morgan fingerprint density at radius 1 is 1.21 bits per heavy atom. The molecule has 1 saturated heterocycles. The molecule has 0 saturated carbocycles. The molecule has 0 amide bonds. The molecular weight excluding hydrogens is 369 g/mol. The van der Waals surface area contributed by atoms with Crippen LogP contribution in [0.4, 0.5) is 4.39 Å². The van der Waals surface area contributed by atoms with Crippen molar-refractivity contribution in [2.45, 2.75) is 33.4 Å². The number of nitrogens with zero attached hydrogens (tertiary/aromatic N) is 1. The van der Waals surface area contributed by atoms with E-state index in [2.05, 4.69) is 40.7 Å². The zero-order valence-electron chi connectivity index (χ0n) is 17.2. The molecular formula is C23H30FN3O2. The van der Waals surface area contributed by atoms with Gasteiger partial charge in [0.15, 0.2) is 5.96 Å². The molecule has 1 atom stereocenters. The lowest BCUT2D eigenvalue weighted by molar-refractivity contribution is 0.166. The molecule has 29 heavy (non-hydrogen) atoms. The van der Waals surface area contributed by atoms with Crippen LogP contribution in [0.5, 0.6) is 5.75 Å². The number of guanidine groups is 1. The molecule has 0 spiro atoms. The zero-order chi connectivity index (χ0) is 20.5. The molecule has 2 aromatic carbocycles. The second-order valence-corrected chi connectivity index (χ2v) is 7.29. The van der Waals surface area contributed by atoms with E-state index >= 15 is 0 Å². The molecule has 0 radical (unpaired) electrons. The zero-order valence-corrected chi connectivity index (χ0v) is 17.2. The van der Waals surface area contributed by atoms with E-state index in [-0.39, 0.29) is 5.82 Å². The molecule has 2 aromatic rings. The molecule has 1 aliphatic rings. The molecule has 0 bridgehead atoms. The maximum Gasteiger partial charge on any atom is 0.191 e. The SMILES string of the molecule is CCNC(=NCc1ccc(C)cc1OCC1CCOC1)NCc1ccccc1F. The number of benzene rings is 2. The summed E-state index contributed by atoms with van der Waals surface area (Å²) in [5.74, 6) is 1.74. The molecule has 0 aromatic heterocycles. The summed E-state index contributed by atoms with van der Waals surface area (Å²) in [5, 5.41) is 6.41. The third kappa shape index (κ3) is 6.46. The largest absolute Gasteiger partial charge is 0.493 e. The summed E-state index contributed by atoms with van der Waals surface area (Å²) < 4.78 is 25.4. The lowest BCUT2D eigenvalue weighted by atomic mass is 10.1. The fourth-order valence-electron chi connectivity index (χ4n) is 3.18. The van der Waals surface area contributed by atoms with Gasteiger partial charge in [0.25, 0.3) is 0 Å². The first-order chi connectivity index (χ1) is 14.2. The number of nitrogens with one attached hydrogen (secondary N) is 2. The van der Waals surface area contributed by atoms with Crippen molar-refractivity contribution in [1.29, 1.82) is 0 Å². The third-order valence-corrected chi connectivity index (χ3v) is 4.88. The Hall–Kier alpha value is -2.60. The van der Waals surface area contributed by atoms with Gasteiger partial charge in [0.1, 0.15) is 11.6 Å². The topological polar surface area (TPSA) is 54.9 Å². The van der Waals surface area contributed by atoms with Crippen molar-refractivity contribution in [3.63, 3.8) is 0 Å². The van der Waals surface area contributed by atoms with Crippen LogP contribution in [-0.4, -0.2) is 32.3 Å². The summed E-state index contributed by atoms with van der Waals surface area (Å²) >= 11 is 0. The highest BCUT2D eigenvalue weighted by Gasteiger charge is 2.17. The van der Waals surface area contributed by atoms with Gasteiger partial charge in [-0.05, 0) is 38.0 Å². The summed E-state index contributed by atoms with van der Waals surface area (Å²) in [6, 6.07) is 12.9. The number of aryl methyl sites for hydroxylation is 1. The summed E-state index contributed by atoms with van der Waals surface area (Å²) in [5.41, 5.74) is 2.79. The molecule has 156 valence electrons. The van der Waals surface area contributed by atoms with Crippen molar-refractivity contribution in [1.82, 2.24) is 10.6 Å². The highest BCUT2D eigenvalue weighted by Crippen LogP contribution is 2.23. The van der Waals surface area contributed by atoms with Gasteiger partial charge < -0.3 is 20.1 Å². The summed E-state index contributed by atoms with van der Waals surface area (Å²) in [6.45, 7) is 7.88. The Balaban J connectivity index is 1.65. The van der Waals surface area contributed by atoms with E-state index in [0.717, 1.165) is 43.1 Å². The Labute approximate surface area is 172 Å². The molecule has 1 heterocycles. The van der Waals surface area contributed by atoms with Gasteiger partial charge in [-0.1, -0.05) is 30.3 Å². The predicted molar refractivity (Wildman–Crippen MR) is 114 cm³/mol. The monoisotopic (exact) mass is 399 g/mol. The lowest BCUT2D eigenvalue weighted by Crippen LogP contribution is -2.37. The van der Waals surface area contributed by atoms with Gasteiger partial charge in [-0.25, -0.2) is 9.38 Å². The Kier molecular flexibility index (Phi) is 7.87. The number of ether oxygens (including phenoxy) is 2. The van der Waals surface area contributed by atoms with Crippen molar-refractivity contribution in [3.05, 3.63) is 65.0 Å². The van der Waals surface area contributed by atoms with Gasteiger partial charge in [0, 0.05) is 36.7 Å². The van der Waals surface area contributed by atoms with Gasteiger partial charge in [-0.2, -0.15) is 0 Å². The first-order valence-corrected chi connectivity index (χ1v) is 10.2. The van der Waals surface area contributed by atoms with Crippen molar-refractivity contribution in [2.75, 3.05) is 26.4 Å². The van der Waals surface area contributed by atoms with Crippen molar-refractivity contribution in [3.8, 4) is 5.75 Å². The van der Waals surface area contributed by atoms with Crippen LogP contribution < -0.4 is 15.4 Å². The van der Waals surface area contributed by atoms with Crippen LogP contribution in [0.3, 0.4) is 0 Å². The fraction of sp³-hybridized carbons (Fsp3) is 0.435. The highest BCUT2D eigenvalue weighted by atomic mass is 19.1. The minimum Gasteiger partial charge on any atom is -0.493 e. The predicted octanol–water partition coefficient (Wildman–Crippen LogP) is 3.80. The molecule has 5 nitrogen and oxygen atoms in total. The Morgan fingerprint density at radius 3 is 2.83 bits per heavy atom. The van der Waals surface area contributed by atoms with E-state index in [0.29, 0.717) is 37.1 Å². The molecule has 1 aliphatic heterocycles. The number of aliphatic imine (C=N–C) groups is 1. The van der Waals surface area contributed by atoms with E-state index in [9.17, 15) is 4.39 Å². The van der Waals surface area contributed by atoms with Crippen LogP contribution in [0.2, 0.25) is 0 Å². The molecule has 1 unspecified atom stereocenters. The maximum atomic E-state index is 13.9. The van der Waals surface area contributed by atoms with Crippen molar-refractivity contribution >= 4 is 5.96 Å². The number of halogens is 1. The molecule has 6 heteroatoms. The highest BCUT2D eigenvalue weighted by molar-refractivity contribution is 5.79. The van der Waals surface area contributed by atoms with Gasteiger partial charge in [-0.15, -0.1) is 0 Å². The van der Waals surface area contributed by atoms with Crippen LogP contribution in [0.1, 0.15) is 30.0 Å². The second-order valence-electron chi connectivity index (χ2n) is 7.29. The van der Waals surface area contributed by atoms with Crippen LogP contribution in [-0.2, 0) is 17.8 Å². The van der Waals surface area contributed by atoms with Crippen LogP contribution in [0, 0.1) is 18.7 Å². The second kappa shape index (κ2) is 10.8. The minimum absolute atomic E-state index is 0.221. The average molecular weight is 400 g/mol. The Morgan fingerprint density at radius 2 is 2.07 bits per heavy atom. The van der Waals surface area contributed by atoms with E-state index in [1.807, 2.05) is 13.0 Å². The third-order valence-electron chi connectivity index (χ3n) is 4.88. The first kappa shape index (κ1) is 21.1. The van der Waals surface area contributed by atoms with Gasteiger partial charge in [-0.3, -0.25) is 0 Å². The van der Waals surface area contributed by atoms with Gasteiger partial charge in [0.2, 0.25) is 0 Å². The minimum atomic E-state index is -0.221. The number of hydrogen-bond acceptors (Lipinski definition) is 3. The lowest BCUT2D eigenvalue weighted by Gasteiger charge is -2.15. The molecule has 1 fully saturated rings. The summed E-state index contributed by atoms with van der Waals surface area (Å²) in [7, 11) is 0. The van der Waals surface area contributed by atoms with Crippen LogP contribution in [0.25, 0.3) is 0 Å². The average Bonchev–Trinajstić information content (AvgIpc) is 3.24. The summed E-state index contributed by atoms with van der Waals surface area (Å²) in [6.07, 6.45) is 1.05. The smallest absolute Gasteiger partial charge is 0.191 e. The summed E-state index contributed by atoms with van der Waals surface area (Å²) in [4.78, 5) is 4.67. The molecule has 0 aliphatic carbocycles. The normalized spacial score (nSPS) is 16.7. The quantitative estimate of drug-likeness (QED) is 0.524. The van der Waals surface area contributed by atoms with Crippen LogP contribution >= 0.6 is 0 Å². The fourth-order valence-corrected chi connectivity index (χ4v) is 3.18. The van der Waals surface area contributed by atoms with Crippen LogP contribution in [0.15, 0.2) is 47.5 Å². The van der Waals surface area contributed by atoms with E-state index in [1.165, 1.54) is 6.07 Å². The van der Waals surface area contributed by atoms with E-state index < -0.39 is 0 Å². The van der Waals surface area contributed by atoms with E-state index in [1.54, 1.807) is 12.1 Å². The van der Waals surface area contributed by atoms with Gasteiger partial charge in [0.05, 0.1) is 19.8 Å². The molecule has 2 N–H and O–H groups in total. The standard InChI is InChI=1S/C23H30FN3O2/c1-3-25-23(26-13-19-6-4-5-7-21(19)24)27-14-20-9-8-17(2)12-22(20)29-16-18-10-11-28-15-18/h4-9,12,18H,3,10-11,13-16H2,1-2H3,(H2,25,26,27). The van der Waals surface area contributed by atoms with E-state index in [4.69, 9.17) is 9.47 Å². The first-order valence-electron chi connectivity index (χ1n) is 10.2. The number of rotatable bonds is 8. The van der Waals surface area contributed by atoms with Gasteiger partial charge >= 0.3 is 0 Å². The van der Waals surface area contributed by atoms with Crippen molar-refractivity contribution < 1.29 is 13.9 Å². The van der Waals surface area contributed by atoms with Crippen molar-refractivity contribution in [2.24, 2.45) is 10.9 Å². The Bertz CT molecular complexity index is 820. The maximum absolute atomic E-state index is 13.9.